The highest BCUT2D eigenvalue weighted by atomic mass is 35.5. The van der Waals surface area contributed by atoms with E-state index in [2.05, 4.69) is 5.32 Å². The van der Waals surface area contributed by atoms with Gasteiger partial charge in [0.2, 0.25) is 10.0 Å². The lowest BCUT2D eigenvalue weighted by molar-refractivity contribution is -0.387. The van der Waals surface area contributed by atoms with Crippen LogP contribution < -0.4 is 5.32 Å². The molecule has 1 aromatic rings. The predicted molar refractivity (Wildman–Crippen MR) is 93.0 cm³/mol. The van der Waals surface area contributed by atoms with Crippen LogP contribution in [0.1, 0.15) is 17.5 Å². The fourth-order valence-corrected chi connectivity index (χ4v) is 5.22. The van der Waals surface area contributed by atoms with E-state index < -0.39 is 14.9 Å². The van der Waals surface area contributed by atoms with Crippen molar-refractivity contribution in [2.45, 2.75) is 25.2 Å². The Hall–Kier alpha value is -1.22. The zero-order valence-electron chi connectivity index (χ0n) is 13.7. The Balaban J connectivity index is 0.00000208. The van der Waals surface area contributed by atoms with E-state index >= 15 is 0 Å². The van der Waals surface area contributed by atoms with Crippen molar-refractivity contribution in [1.82, 2.24) is 9.62 Å². The molecular formula is C15H22ClN3O4S. The molecule has 2 aliphatic heterocycles. The summed E-state index contributed by atoms with van der Waals surface area (Å²) in [6.07, 6.45) is 0.801. The van der Waals surface area contributed by atoms with Crippen LogP contribution in [0.2, 0.25) is 0 Å². The number of halogens is 1. The Bertz CT molecular complexity index is 753. The molecule has 2 saturated heterocycles. The predicted octanol–water partition coefficient (Wildman–Crippen LogP) is 1.86. The average molecular weight is 376 g/mol. The van der Waals surface area contributed by atoms with Crippen LogP contribution in [-0.4, -0.2) is 43.8 Å². The SMILES string of the molecule is Cc1cc([N+](=O)[O-])c(S(=O)(=O)N2CCC3CNCC3C2)cc1C.Cl. The standard InChI is InChI=1S/C15H21N3O4S.ClH/c1-10-5-14(18(19)20)15(6-11(10)2)23(21,22)17-4-3-12-7-16-8-13(12)9-17;/h5-6,12-13,16H,3-4,7-9H2,1-2H3;1H. The van der Waals surface area contributed by atoms with Crippen LogP contribution in [0.4, 0.5) is 5.69 Å². The third-order valence-electron chi connectivity index (χ3n) is 5.06. The Morgan fingerprint density at radius 2 is 1.83 bits per heavy atom. The fraction of sp³-hybridized carbons (Fsp3) is 0.600. The molecule has 2 heterocycles. The molecule has 134 valence electrons. The van der Waals surface area contributed by atoms with Crippen molar-refractivity contribution in [1.29, 1.82) is 0 Å². The van der Waals surface area contributed by atoms with Crippen LogP contribution in [0.25, 0.3) is 0 Å². The molecule has 2 fully saturated rings. The molecule has 1 aromatic carbocycles. The lowest BCUT2D eigenvalue weighted by Gasteiger charge is -2.33. The van der Waals surface area contributed by atoms with Gasteiger partial charge >= 0.3 is 0 Å². The summed E-state index contributed by atoms with van der Waals surface area (Å²) in [4.78, 5) is 10.5. The Labute approximate surface area is 148 Å². The fourth-order valence-electron chi connectivity index (χ4n) is 3.48. The van der Waals surface area contributed by atoms with E-state index in [4.69, 9.17) is 0 Å². The van der Waals surface area contributed by atoms with Crippen LogP contribution >= 0.6 is 12.4 Å². The maximum atomic E-state index is 13.0. The first-order valence-corrected chi connectivity index (χ1v) is 9.21. The third-order valence-corrected chi connectivity index (χ3v) is 6.95. The minimum atomic E-state index is -3.85. The number of hydrogen-bond acceptors (Lipinski definition) is 5. The molecule has 3 rings (SSSR count). The monoisotopic (exact) mass is 375 g/mol. The Morgan fingerprint density at radius 3 is 2.50 bits per heavy atom. The Kier molecular flexibility index (Phi) is 5.54. The van der Waals surface area contributed by atoms with E-state index in [1.165, 1.54) is 16.4 Å². The molecular weight excluding hydrogens is 354 g/mol. The van der Waals surface area contributed by atoms with Crippen LogP contribution in [0, 0.1) is 35.8 Å². The van der Waals surface area contributed by atoms with Crippen LogP contribution in [0.15, 0.2) is 17.0 Å². The van der Waals surface area contributed by atoms with Crippen molar-refractivity contribution >= 4 is 28.1 Å². The van der Waals surface area contributed by atoms with Crippen molar-refractivity contribution in [3.63, 3.8) is 0 Å². The molecule has 0 spiro atoms. The van der Waals surface area contributed by atoms with Gasteiger partial charge < -0.3 is 5.32 Å². The van der Waals surface area contributed by atoms with Gasteiger partial charge in [-0.25, -0.2) is 8.42 Å². The lowest BCUT2D eigenvalue weighted by Crippen LogP contribution is -2.43. The first kappa shape index (κ1) is 19.1. The number of hydrogen-bond donors (Lipinski definition) is 1. The van der Waals surface area contributed by atoms with E-state index in [0.717, 1.165) is 25.1 Å². The molecule has 0 amide bonds. The van der Waals surface area contributed by atoms with Gasteiger partial charge in [-0.2, -0.15) is 4.31 Å². The molecule has 2 unspecified atom stereocenters. The first-order chi connectivity index (χ1) is 10.8. The van der Waals surface area contributed by atoms with Crippen LogP contribution in [0.3, 0.4) is 0 Å². The van der Waals surface area contributed by atoms with Gasteiger partial charge in [0, 0.05) is 19.2 Å². The summed E-state index contributed by atoms with van der Waals surface area (Å²) in [5.41, 5.74) is 1.13. The lowest BCUT2D eigenvalue weighted by atomic mass is 9.90. The number of fused-ring (bicyclic) bond motifs is 1. The van der Waals surface area contributed by atoms with Gasteiger partial charge in [-0.3, -0.25) is 10.1 Å². The second kappa shape index (κ2) is 6.95. The Morgan fingerprint density at radius 1 is 1.21 bits per heavy atom. The maximum absolute atomic E-state index is 13.0. The summed E-state index contributed by atoms with van der Waals surface area (Å²) in [7, 11) is -3.85. The molecule has 7 nitrogen and oxygen atoms in total. The normalized spacial score (nSPS) is 24.2. The number of benzene rings is 1. The van der Waals surface area contributed by atoms with Gasteiger partial charge in [0.05, 0.1) is 4.92 Å². The van der Waals surface area contributed by atoms with Crippen LogP contribution in [-0.2, 0) is 10.0 Å². The number of nitro groups is 1. The maximum Gasteiger partial charge on any atom is 0.289 e. The zero-order valence-corrected chi connectivity index (χ0v) is 15.3. The highest BCUT2D eigenvalue weighted by Crippen LogP contribution is 2.34. The molecule has 2 aliphatic rings. The molecule has 1 N–H and O–H groups in total. The number of rotatable bonds is 3. The number of nitro benzene ring substituents is 1. The summed E-state index contributed by atoms with van der Waals surface area (Å²) < 4.78 is 27.3. The van der Waals surface area contributed by atoms with Gasteiger partial charge in [-0.05, 0) is 62.4 Å². The minimum Gasteiger partial charge on any atom is -0.316 e. The molecule has 0 saturated carbocycles. The second-order valence-corrected chi connectivity index (χ2v) is 8.40. The summed E-state index contributed by atoms with van der Waals surface area (Å²) in [6.45, 7) is 6.12. The van der Waals surface area contributed by atoms with Crippen molar-refractivity contribution in [2.75, 3.05) is 26.2 Å². The minimum absolute atomic E-state index is 0. The summed E-state index contributed by atoms with van der Waals surface area (Å²) in [5.74, 6) is 0.806. The smallest absolute Gasteiger partial charge is 0.289 e. The summed E-state index contributed by atoms with van der Waals surface area (Å²) in [6, 6.07) is 2.79. The van der Waals surface area contributed by atoms with E-state index in [-0.39, 0.29) is 23.0 Å². The average Bonchev–Trinajstić information content (AvgIpc) is 2.96. The largest absolute Gasteiger partial charge is 0.316 e. The highest BCUT2D eigenvalue weighted by molar-refractivity contribution is 7.89. The molecule has 2 atom stereocenters. The van der Waals surface area contributed by atoms with E-state index in [1.807, 2.05) is 0 Å². The van der Waals surface area contributed by atoms with Gasteiger partial charge in [-0.1, -0.05) is 0 Å². The van der Waals surface area contributed by atoms with Crippen molar-refractivity contribution in [2.24, 2.45) is 11.8 Å². The number of nitrogens with one attached hydrogen (secondary N) is 1. The molecule has 24 heavy (non-hydrogen) atoms. The zero-order chi connectivity index (χ0) is 16.8. The molecule has 0 bridgehead atoms. The van der Waals surface area contributed by atoms with E-state index in [0.29, 0.717) is 30.5 Å². The van der Waals surface area contributed by atoms with Gasteiger partial charge in [-0.15, -0.1) is 12.4 Å². The third kappa shape index (κ3) is 3.28. The summed E-state index contributed by atoms with van der Waals surface area (Å²) in [5, 5.41) is 14.6. The topological polar surface area (TPSA) is 92.5 Å². The van der Waals surface area contributed by atoms with Crippen molar-refractivity contribution in [3.05, 3.63) is 33.4 Å². The first-order valence-electron chi connectivity index (χ1n) is 7.77. The number of piperidine rings is 1. The number of aryl methyl sites for hydroxylation is 2. The molecule has 0 aromatic heterocycles. The van der Waals surface area contributed by atoms with E-state index in [9.17, 15) is 18.5 Å². The van der Waals surface area contributed by atoms with Crippen LogP contribution in [0.5, 0.6) is 0 Å². The molecule has 0 radical (unpaired) electrons. The summed E-state index contributed by atoms with van der Waals surface area (Å²) >= 11 is 0. The van der Waals surface area contributed by atoms with Gasteiger partial charge in [0.1, 0.15) is 0 Å². The quantitative estimate of drug-likeness (QED) is 0.643. The molecule has 9 heteroatoms. The number of sulfonamides is 1. The second-order valence-electron chi connectivity index (χ2n) is 6.49. The van der Waals surface area contributed by atoms with Crippen molar-refractivity contribution < 1.29 is 13.3 Å². The highest BCUT2D eigenvalue weighted by Gasteiger charge is 2.40. The molecule has 0 aliphatic carbocycles. The van der Waals surface area contributed by atoms with E-state index in [1.54, 1.807) is 13.8 Å². The van der Waals surface area contributed by atoms with Crippen molar-refractivity contribution in [3.8, 4) is 0 Å². The number of nitrogens with zero attached hydrogens (tertiary/aromatic N) is 2. The van der Waals surface area contributed by atoms with Gasteiger partial charge in [0.25, 0.3) is 5.69 Å². The van der Waals surface area contributed by atoms with Gasteiger partial charge in [0.15, 0.2) is 4.90 Å².